The SMILES string of the molecule is OC([C@H]1CSCC[C@H]1O)[C@@H]1CSCC[C@@H]1O. The van der Waals surface area contributed by atoms with Gasteiger partial charge in [-0.15, -0.1) is 0 Å². The van der Waals surface area contributed by atoms with Crippen molar-refractivity contribution in [2.75, 3.05) is 23.0 Å². The second kappa shape index (κ2) is 5.96. The van der Waals surface area contributed by atoms with Crippen molar-refractivity contribution in [3.05, 3.63) is 0 Å². The van der Waals surface area contributed by atoms with Crippen molar-refractivity contribution in [1.29, 1.82) is 0 Å². The largest absolute Gasteiger partial charge is 0.393 e. The van der Waals surface area contributed by atoms with Crippen LogP contribution in [0.5, 0.6) is 0 Å². The van der Waals surface area contributed by atoms with Gasteiger partial charge in [-0.2, -0.15) is 23.5 Å². The first-order chi connectivity index (χ1) is 7.70. The van der Waals surface area contributed by atoms with Crippen LogP contribution in [0.3, 0.4) is 0 Å². The molecule has 1 unspecified atom stereocenters. The molecule has 2 saturated heterocycles. The van der Waals surface area contributed by atoms with Gasteiger partial charge in [0.2, 0.25) is 0 Å². The lowest BCUT2D eigenvalue weighted by molar-refractivity contribution is -0.0440. The number of thioether (sulfide) groups is 2. The van der Waals surface area contributed by atoms with Gasteiger partial charge in [0, 0.05) is 23.3 Å². The highest BCUT2D eigenvalue weighted by atomic mass is 32.2. The molecule has 0 aromatic carbocycles. The zero-order valence-electron chi connectivity index (χ0n) is 9.29. The van der Waals surface area contributed by atoms with E-state index in [0.29, 0.717) is 0 Å². The standard InChI is InChI=1S/C11H20O3S2/c12-9-1-3-15-5-7(9)11(14)8-6-16-4-2-10(8)13/h7-14H,1-6H2/t7-,8+,9+,10-,11?. The summed E-state index contributed by atoms with van der Waals surface area (Å²) >= 11 is 3.58. The summed E-state index contributed by atoms with van der Waals surface area (Å²) in [6.45, 7) is 0. The highest BCUT2D eigenvalue weighted by molar-refractivity contribution is 7.99. The molecule has 0 aromatic heterocycles. The lowest BCUT2D eigenvalue weighted by Gasteiger charge is -2.38. The van der Waals surface area contributed by atoms with E-state index >= 15 is 0 Å². The lowest BCUT2D eigenvalue weighted by atomic mass is 9.84. The fraction of sp³-hybridized carbons (Fsp3) is 1.00. The first-order valence-electron chi connectivity index (χ1n) is 5.90. The van der Waals surface area contributed by atoms with E-state index < -0.39 is 18.3 Å². The Labute approximate surface area is 105 Å². The van der Waals surface area contributed by atoms with E-state index in [1.54, 1.807) is 23.5 Å². The Hall–Kier alpha value is 0.580. The number of hydrogen-bond acceptors (Lipinski definition) is 5. The molecule has 2 aliphatic heterocycles. The normalized spacial score (nSPS) is 42.9. The second-order valence-electron chi connectivity index (χ2n) is 4.68. The smallest absolute Gasteiger partial charge is 0.0661 e. The third-order valence-corrected chi connectivity index (χ3v) is 5.89. The lowest BCUT2D eigenvalue weighted by Crippen LogP contribution is -2.46. The molecule has 0 amide bonds. The summed E-state index contributed by atoms with van der Waals surface area (Å²) in [7, 11) is 0. The molecule has 0 aromatic rings. The van der Waals surface area contributed by atoms with Crippen molar-refractivity contribution < 1.29 is 15.3 Å². The van der Waals surface area contributed by atoms with Crippen LogP contribution < -0.4 is 0 Å². The molecule has 0 bridgehead atoms. The third-order valence-electron chi connectivity index (χ3n) is 3.60. The average Bonchev–Trinajstić information content (AvgIpc) is 2.29. The van der Waals surface area contributed by atoms with Gasteiger partial charge in [-0.25, -0.2) is 0 Å². The van der Waals surface area contributed by atoms with Gasteiger partial charge >= 0.3 is 0 Å². The number of aliphatic hydroxyl groups is 3. The van der Waals surface area contributed by atoms with E-state index in [-0.39, 0.29) is 11.8 Å². The van der Waals surface area contributed by atoms with Crippen LogP contribution in [0.1, 0.15) is 12.8 Å². The number of hydrogen-bond donors (Lipinski definition) is 3. The first kappa shape index (κ1) is 13.0. The molecular formula is C11H20O3S2. The van der Waals surface area contributed by atoms with Gasteiger partial charge in [0.1, 0.15) is 0 Å². The zero-order valence-corrected chi connectivity index (χ0v) is 10.9. The van der Waals surface area contributed by atoms with Crippen LogP contribution in [-0.4, -0.2) is 56.6 Å². The van der Waals surface area contributed by atoms with Gasteiger partial charge in [0.15, 0.2) is 0 Å². The maximum absolute atomic E-state index is 10.3. The van der Waals surface area contributed by atoms with E-state index in [4.69, 9.17) is 0 Å². The summed E-state index contributed by atoms with van der Waals surface area (Å²) < 4.78 is 0. The van der Waals surface area contributed by atoms with Crippen LogP contribution >= 0.6 is 23.5 Å². The molecule has 2 aliphatic rings. The molecule has 0 aliphatic carbocycles. The first-order valence-corrected chi connectivity index (χ1v) is 8.21. The molecule has 0 saturated carbocycles. The molecular weight excluding hydrogens is 244 g/mol. The third kappa shape index (κ3) is 2.88. The van der Waals surface area contributed by atoms with Crippen LogP contribution in [0, 0.1) is 11.8 Å². The maximum atomic E-state index is 10.3. The minimum absolute atomic E-state index is 0.0582. The van der Waals surface area contributed by atoms with Crippen molar-refractivity contribution in [2.24, 2.45) is 11.8 Å². The fourth-order valence-corrected chi connectivity index (χ4v) is 5.00. The minimum atomic E-state index is -0.550. The van der Waals surface area contributed by atoms with Crippen LogP contribution in [-0.2, 0) is 0 Å². The Morgan fingerprint density at radius 1 is 0.875 bits per heavy atom. The summed E-state index contributed by atoms with van der Waals surface area (Å²) in [4.78, 5) is 0. The van der Waals surface area contributed by atoms with Crippen molar-refractivity contribution in [1.82, 2.24) is 0 Å². The van der Waals surface area contributed by atoms with Crippen molar-refractivity contribution in [3.63, 3.8) is 0 Å². The highest BCUT2D eigenvalue weighted by Crippen LogP contribution is 2.34. The highest BCUT2D eigenvalue weighted by Gasteiger charge is 2.38. The Morgan fingerprint density at radius 2 is 1.31 bits per heavy atom. The predicted octanol–water partition coefficient (Wildman–Crippen LogP) is 0.575. The Kier molecular flexibility index (Phi) is 4.85. The van der Waals surface area contributed by atoms with Crippen LogP contribution in [0.15, 0.2) is 0 Å². The van der Waals surface area contributed by atoms with E-state index in [0.717, 1.165) is 35.9 Å². The van der Waals surface area contributed by atoms with Gasteiger partial charge in [-0.05, 0) is 24.3 Å². The monoisotopic (exact) mass is 264 g/mol. The van der Waals surface area contributed by atoms with Crippen LogP contribution in [0.2, 0.25) is 0 Å². The van der Waals surface area contributed by atoms with Crippen molar-refractivity contribution >= 4 is 23.5 Å². The molecule has 3 nitrogen and oxygen atoms in total. The molecule has 0 radical (unpaired) electrons. The zero-order chi connectivity index (χ0) is 11.5. The summed E-state index contributed by atoms with van der Waals surface area (Å²) in [5.74, 6) is 3.47. The van der Waals surface area contributed by atoms with Crippen LogP contribution in [0.4, 0.5) is 0 Å². The molecule has 16 heavy (non-hydrogen) atoms. The van der Waals surface area contributed by atoms with Crippen molar-refractivity contribution in [2.45, 2.75) is 31.2 Å². The summed E-state index contributed by atoms with van der Waals surface area (Å²) in [5.41, 5.74) is 0. The summed E-state index contributed by atoms with van der Waals surface area (Å²) in [6, 6.07) is 0. The van der Waals surface area contributed by atoms with Crippen LogP contribution in [0.25, 0.3) is 0 Å². The number of aliphatic hydroxyl groups excluding tert-OH is 3. The van der Waals surface area contributed by atoms with Gasteiger partial charge in [0.05, 0.1) is 18.3 Å². The molecule has 94 valence electrons. The summed E-state index contributed by atoms with van der Waals surface area (Å²) in [5, 5.41) is 30.1. The summed E-state index contributed by atoms with van der Waals surface area (Å²) in [6.07, 6.45) is 0.196. The molecule has 2 heterocycles. The minimum Gasteiger partial charge on any atom is -0.393 e. The molecule has 5 heteroatoms. The van der Waals surface area contributed by atoms with Gasteiger partial charge in [-0.1, -0.05) is 0 Å². The molecule has 5 atom stereocenters. The van der Waals surface area contributed by atoms with E-state index in [1.165, 1.54) is 0 Å². The molecule has 0 spiro atoms. The average molecular weight is 264 g/mol. The Balaban J connectivity index is 1.96. The van der Waals surface area contributed by atoms with E-state index in [9.17, 15) is 15.3 Å². The van der Waals surface area contributed by atoms with E-state index in [1.807, 2.05) is 0 Å². The maximum Gasteiger partial charge on any atom is 0.0661 e. The molecule has 3 N–H and O–H groups in total. The van der Waals surface area contributed by atoms with Crippen molar-refractivity contribution in [3.8, 4) is 0 Å². The van der Waals surface area contributed by atoms with E-state index in [2.05, 4.69) is 0 Å². The predicted molar refractivity (Wildman–Crippen MR) is 68.9 cm³/mol. The quantitative estimate of drug-likeness (QED) is 0.681. The number of rotatable bonds is 2. The Bertz CT molecular complexity index is 205. The molecule has 2 rings (SSSR count). The molecule has 2 fully saturated rings. The topological polar surface area (TPSA) is 60.7 Å². The van der Waals surface area contributed by atoms with Gasteiger partial charge in [0.25, 0.3) is 0 Å². The Morgan fingerprint density at radius 3 is 1.69 bits per heavy atom. The second-order valence-corrected chi connectivity index (χ2v) is 6.98. The van der Waals surface area contributed by atoms with Gasteiger partial charge < -0.3 is 15.3 Å². The fourth-order valence-electron chi connectivity index (χ4n) is 2.47. The van der Waals surface area contributed by atoms with Gasteiger partial charge in [-0.3, -0.25) is 0 Å².